The van der Waals surface area contributed by atoms with Gasteiger partial charge in [-0.2, -0.15) is 0 Å². The van der Waals surface area contributed by atoms with E-state index in [0.29, 0.717) is 6.54 Å². The van der Waals surface area contributed by atoms with E-state index in [1.807, 2.05) is 13.8 Å². The Morgan fingerprint density at radius 2 is 1.90 bits per heavy atom. The zero-order valence-electron chi connectivity index (χ0n) is 12.9. The molecule has 5 nitrogen and oxygen atoms in total. The highest BCUT2D eigenvalue weighted by molar-refractivity contribution is 5.88. The number of carbonyl (C=O) groups is 2. The third kappa shape index (κ3) is 6.37. The summed E-state index contributed by atoms with van der Waals surface area (Å²) in [7, 11) is 0. The summed E-state index contributed by atoms with van der Waals surface area (Å²) >= 11 is 0. The van der Waals surface area contributed by atoms with Crippen molar-refractivity contribution >= 4 is 11.8 Å². The van der Waals surface area contributed by atoms with Crippen molar-refractivity contribution in [2.45, 2.75) is 65.0 Å². The number of hydrogen-bond acceptors (Lipinski definition) is 3. The van der Waals surface area contributed by atoms with Crippen LogP contribution in [0.25, 0.3) is 0 Å². The summed E-state index contributed by atoms with van der Waals surface area (Å²) in [5, 5.41) is 5.61. The highest BCUT2D eigenvalue weighted by Gasteiger charge is 2.27. The minimum atomic E-state index is -0.449. The van der Waals surface area contributed by atoms with Crippen molar-refractivity contribution in [2.75, 3.05) is 13.2 Å². The summed E-state index contributed by atoms with van der Waals surface area (Å²) in [6.07, 6.45) is 5.11. The molecule has 20 heavy (non-hydrogen) atoms. The molecule has 2 amide bonds. The molecule has 1 saturated carbocycles. The van der Waals surface area contributed by atoms with Crippen LogP contribution in [-0.4, -0.2) is 37.1 Å². The predicted octanol–water partition coefficient (Wildman–Crippen LogP) is 1.61. The van der Waals surface area contributed by atoms with Crippen LogP contribution in [0, 0.1) is 5.92 Å². The van der Waals surface area contributed by atoms with Gasteiger partial charge in [0.25, 0.3) is 0 Å². The van der Waals surface area contributed by atoms with Crippen molar-refractivity contribution in [1.29, 1.82) is 0 Å². The van der Waals surface area contributed by atoms with Gasteiger partial charge in [-0.1, -0.05) is 6.42 Å². The van der Waals surface area contributed by atoms with Gasteiger partial charge in [-0.05, 0) is 46.5 Å². The second-order valence-electron chi connectivity index (χ2n) is 5.78. The third-order valence-electron chi connectivity index (χ3n) is 3.55. The van der Waals surface area contributed by atoms with E-state index in [2.05, 4.69) is 10.6 Å². The van der Waals surface area contributed by atoms with Crippen LogP contribution < -0.4 is 10.6 Å². The Morgan fingerprint density at radius 1 is 1.20 bits per heavy atom. The second kappa shape index (κ2) is 8.95. The summed E-state index contributed by atoms with van der Waals surface area (Å²) in [5.74, 6) is 0.0325. The largest absolute Gasteiger partial charge is 0.379 e. The van der Waals surface area contributed by atoms with E-state index in [0.717, 1.165) is 38.7 Å². The molecule has 0 spiro atoms. The van der Waals surface area contributed by atoms with Crippen molar-refractivity contribution in [3.05, 3.63) is 0 Å². The number of hydrogen-bond donors (Lipinski definition) is 2. The molecule has 0 heterocycles. The first kappa shape index (κ1) is 17.0. The fourth-order valence-electron chi connectivity index (χ4n) is 1.98. The van der Waals surface area contributed by atoms with Crippen molar-refractivity contribution in [1.82, 2.24) is 10.6 Å². The highest BCUT2D eigenvalue weighted by atomic mass is 16.5. The standard InChI is InChI=1S/C15H28N2O3/c1-11(2)20-10-5-4-9-16-14(18)12(3)17-15(19)13-7-6-8-13/h11-13H,4-10H2,1-3H3,(H,16,18)(H,17,19)/t12-/m0/s1. The first-order valence-electron chi connectivity index (χ1n) is 7.70. The van der Waals surface area contributed by atoms with Crippen molar-refractivity contribution in [3.8, 4) is 0 Å². The summed E-state index contributed by atoms with van der Waals surface area (Å²) < 4.78 is 5.42. The quantitative estimate of drug-likeness (QED) is 0.632. The molecule has 1 rings (SSSR count). The minimum absolute atomic E-state index is 0.0178. The lowest BCUT2D eigenvalue weighted by molar-refractivity contribution is -0.132. The molecule has 2 N–H and O–H groups in total. The SMILES string of the molecule is CC(C)OCCCCNC(=O)[C@H](C)NC(=O)C1CCC1. The van der Waals surface area contributed by atoms with E-state index in [4.69, 9.17) is 4.74 Å². The molecule has 116 valence electrons. The van der Waals surface area contributed by atoms with Crippen LogP contribution >= 0.6 is 0 Å². The molecule has 1 aliphatic carbocycles. The van der Waals surface area contributed by atoms with Crippen LogP contribution in [0.2, 0.25) is 0 Å². The van der Waals surface area contributed by atoms with E-state index < -0.39 is 6.04 Å². The zero-order valence-corrected chi connectivity index (χ0v) is 12.9. The van der Waals surface area contributed by atoms with Crippen LogP contribution in [0.5, 0.6) is 0 Å². The second-order valence-corrected chi connectivity index (χ2v) is 5.78. The van der Waals surface area contributed by atoms with Crippen LogP contribution in [0.4, 0.5) is 0 Å². The van der Waals surface area contributed by atoms with Crippen molar-refractivity contribution in [3.63, 3.8) is 0 Å². The Hall–Kier alpha value is -1.10. The fourth-order valence-corrected chi connectivity index (χ4v) is 1.98. The van der Waals surface area contributed by atoms with E-state index in [9.17, 15) is 9.59 Å². The molecule has 0 aromatic rings. The molecule has 1 aliphatic rings. The lowest BCUT2D eigenvalue weighted by atomic mass is 9.84. The van der Waals surface area contributed by atoms with Crippen molar-refractivity contribution in [2.24, 2.45) is 5.92 Å². The number of amides is 2. The van der Waals surface area contributed by atoms with E-state index >= 15 is 0 Å². The van der Waals surface area contributed by atoms with Gasteiger partial charge in [-0.15, -0.1) is 0 Å². The molecule has 0 radical (unpaired) electrons. The third-order valence-corrected chi connectivity index (χ3v) is 3.55. The normalized spacial score (nSPS) is 16.6. The van der Waals surface area contributed by atoms with E-state index in [1.54, 1.807) is 6.92 Å². The molecular weight excluding hydrogens is 256 g/mol. The highest BCUT2D eigenvalue weighted by Crippen LogP contribution is 2.26. The maximum Gasteiger partial charge on any atom is 0.242 e. The minimum Gasteiger partial charge on any atom is -0.379 e. The molecule has 5 heteroatoms. The Bertz CT molecular complexity index is 314. The number of carbonyl (C=O) groups excluding carboxylic acids is 2. The monoisotopic (exact) mass is 284 g/mol. The average Bonchev–Trinajstić information content (AvgIpc) is 2.30. The first-order chi connectivity index (χ1) is 9.50. The molecule has 0 bridgehead atoms. The maximum atomic E-state index is 11.8. The lowest BCUT2D eigenvalue weighted by Gasteiger charge is -2.25. The van der Waals surface area contributed by atoms with Gasteiger partial charge in [0, 0.05) is 19.1 Å². The van der Waals surface area contributed by atoms with Gasteiger partial charge in [0.2, 0.25) is 11.8 Å². The molecule has 0 aliphatic heterocycles. The van der Waals surface area contributed by atoms with Gasteiger partial charge in [-0.3, -0.25) is 9.59 Å². The first-order valence-corrected chi connectivity index (χ1v) is 7.70. The van der Waals surface area contributed by atoms with Gasteiger partial charge in [0.15, 0.2) is 0 Å². The number of ether oxygens (including phenoxy) is 1. The van der Waals surface area contributed by atoms with Gasteiger partial charge in [-0.25, -0.2) is 0 Å². The van der Waals surface area contributed by atoms with Gasteiger partial charge < -0.3 is 15.4 Å². The Morgan fingerprint density at radius 3 is 2.45 bits per heavy atom. The molecule has 0 aromatic carbocycles. The molecule has 0 unspecified atom stereocenters. The molecule has 1 atom stereocenters. The zero-order chi connectivity index (χ0) is 15.0. The van der Waals surface area contributed by atoms with E-state index in [-0.39, 0.29) is 23.8 Å². The van der Waals surface area contributed by atoms with Gasteiger partial charge >= 0.3 is 0 Å². The predicted molar refractivity (Wildman–Crippen MR) is 78.3 cm³/mol. The van der Waals surface area contributed by atoms with Crippen LogP contribution in [0.3, 0.4) is 0 Å². The maximum absolute atomic E-state index is 11.8. The van der Waals surface area contributed by atoms with Crippen LogP contribution in [0.1, 0.15) is 52.9 Å². The Balaban J connectivity index is 2.04. The molecule has 0 aromatic heterocycles. The smallest absolute Gasteiger partial charge is 0.242 e. The molecular formula is C15H28N2O3. The summed E-state index contributed by atoms with van der Waals surface area (Å²) in [6.45, 7) is 7.10. The lowest BCUT2D eigenvalue weighted by Crippen LogP contribution is -2.47. The van der Waals surface area contributed by atoms with Crippen LogP contribution in [-0.2, 0) is 14.3 Å². The van der Waals surface area contributed by atoms with Gasteiger partial charge in [0.1, 0.15) is 6.04 Å². The topological polar surface area (TPSA) is 67.4 Å². The molecule has 0 saturated heterocycles. The summed E-state index contributed by atoms with van der Waals surface area (Å²) in [4.78, 5) is 23.5. The number of nitrogens with one attached hydrogen (secondary N) is 2. The number of rotatable bonds is 9. The summed E-state index contributed by atoms with van der Waals surface area (Å²) in [6, 6.07) is -0.449. The van der Waals surface area contributed by atoms with E-state index in [1.165, 1.54) is 0 Å². The van der Waals surface area contributed by atoms with Gasteiger partial charge in [0.05, 0.1) is 6.10 Å². The number of unbranched alkanes of at least 4 members (excludes halogenated alkanes) is 1. The summed E-state index contributed by atoms with van der Waals surface area (Å²) in [5.41, 5.74) is 0. The van der Waals surface area contributed by atoms with Crippen molar-refractivity contribution < 1.29 is 14.3 Å². The Kier molecular flexibility index (Phi) is 7.59. The Labute approximate surface area is 121 Å². The fraction of sp³-hybridized carbons (Fsp3) is 0.867. The average molecular weight is 284 g/mol. The van der Waals surface area contributed by atoms with Crippen LogP contribution in [0.15, 0.2) is 0 Å². The molecule has 1 fully saturated rings.